The summed E-state index contributed by atoms with van der Waals surface area (Å²) in [5, 5.41) is 3.06. The van der Waals surface area contributed by atoms with E-state index in [1.807, 2.05) is 36.1 Å². The molecule has 0 bridgehead atoms. The van der Waals surface area contributed by atoms with Gasteiger partial charge in [0.2, 0.25) is 5.95 Å². The van der Waals surface area contributed by atoms with E-state index in [1.54, 1.807) is 18.5 Å². The molecule has 0 radical (unpaired) electrons. The van der Waals surface area contributed by atoms with Crippen LogP contribution in [0.1, 0.15) is 18.5 Å². The Morgan fingerprint density at radius 3 is 2.38 bits per heavy atom. The second-order valence-electron chi connectivity index (χ2n) is 5.75. The van der Waals surface area contributed by atoms with Gasteiger partial charge < -0.3 is 15.1 Å². The van der Waals surface area contributed by atoms with Gasteiger partial charge in [-0.3, -0.25) is 0 Å². The van der Waals surface area contributed by atoms with Crippen LogP contribution in [-0.4, -0.2) is 47.1 Å². The molecule has 1 fully saturated rings. The topological polar surface area (TPSA) is 61.4 Å². The monoisotopic (exact) mass is 389 g/mol. The fourth-order valence-electron chi connectivity index (χ4n) is 2.68. The minimum absolute atomic E-state index is 0.0268. The molecule has 1 unspecified atom stereocenters. The Kier molecular flexibility index (Phi) is 5.30. The third-order valence-corrected chi connectivity index (χ3v) is 4.64. The summed E-state index contributed by atoms with van der Waals surface area (Å²) < 4.78 is 1.03. The molecular formula is C17H20BrN5O. The number of rotatable bonds is 3. The third kappa shape index (κ3) is 4.03. The van der Waals surface area contributed by atoms with Crippen molar-refractivity contribution >= 4 is 27.9 Å². The highest BCUT2D eigenvalue weighted by atomic mass is 79.9. The highest BCUT2D eigenvalue weighted by Crippen LogP contribution is 2.17. The summed E-state index contributed by atoms with van der Waals surface area (Å²) in [5.41, 5.74) is 1.09. The third-order valence-electron chi connectivity index (χ3n) is 4.11. The van der Waals surface area contributed by atoms with Gasteiger partial charge in [-0.1, -0.05) is 28.1 Å². The average molecular weight is 390 g/mol. The lowest BCUT2D eigenvalue weighted by molar-refractivity contribution is 0.191. The van der Waals surface area contributed by atoms with E-state index in [1.165, 1.54) is 0 Å². The molecule has 3 rings (SSSR count). The Balaban J connectivity index is 1.52. The Morgan fingerprint density at radius 1 is 1.12 bits per heavy atom. The van der Waals surface area contributed by atoms with Crippen molar-refractivity contribution < 1.29 is 4.79 Å². The molecule has 6 nitrogen and oxygen atoms in total. The molecule has 1 atom stereocenters. The SMILES string of the molecule is CC(NC(=O)N1CCN(c2ncccn2)CC1)c1ccc(Br)cc1. The zero-order valence-electron chi connectivity index (χ0n) is 13.5. The largest absolute Gasteiger partial charge is 0.337 e. The van der Waals surface area contributed by atoms with Gasteiger partial charge in [-0.2, -0.15) is 0 Å². The molecule has 24 heavy (non-hydrogen) atoms. The fraction of sp³-hybridized carbons (Fsp3) is 0.353. The van der Waals surface area contributed by atoms with E-state index < -0.39 is 0 Å². The molecule has 2 heterocycles. The highest BCUT2D eigenvalue weighted by molar-refractivity contribution is 9.10. The maximum absolute atomic E-state index is 12.4. The minimum atomic E-state index is -0.0287. The summed E-state index contributed by atoms with van der Waals surface area (Å²) in [6.07, 6.45) is 3.47. The van der Waals surface area contributed by atoms with Crippen LogP contribution >= 0.6 is 15.9 Å². The molecule has 0 spiro atoms. The number of hydrogen-bond donors (Lipinski definition) is 1. The molecule has 1 aromatic carbocycles. The molecule has 2 aromatic rings. The lowest BCUT2D eigenvalue weighted by Crippen LogP contribution is -2.52. The first-order valence-electron chi connectivity index (χ1n) is 7.96. The quantitative estimate of drug-likeness (QED) is 0.876. The van der Waals surface area contributed by atoms with E-state index in [9.17, 15) is 4.79 Å². The molecule has 7 heteroatoms. The van der Waals surface area contributed by atoms with E-state index >= 15 is 0 Å². The van der Waals surface area contributed by atoms with Gasteiger partial charge >= 0.3 is 6.03 Å². The number of urea groups is 1. The number of hydrogen-bond acceptors (Lipinski definition) is 4. The second-order valence-corrected chi connectivity index (χ2v) is 6.66. The summed E-state index contributed by atoms with van der Waals surface area (Å²) in [6, 6.07) is 9.74. The van der Waals surface area contributed by atoms with Crippen molar-refractivity contribution in [2.24, 2.45) is 0 Å². The number of aromatic nitrogens is 2. The zero-order chi connectivity index (χ0) is 16.9. The lowest BCUT2D eigenvalue weighted by atomic mass is 10.1. The predicted molar refractivity (Wildman–Crippen MR) is 96.9 cm³/mol. The number of nitrogens with one attached hydrogen (secondary N) is 1. The standard InChI is InChI=1S/C17H20BrN5O/c1-13(14-3-5-15(18)6-4-14)21-17(24)23-11-9-22(10-12-23)16-19-7-2-8-20-16/h2-8,13H,9-12H2,1H3,(H,21,24). The van der Waals surface area contributed by atoms with Crippen molar-refractivity contribution in [1.82, 2.24) is 20.2 Å². The van der Waals surface area contributed by atoms with Gasteiger partial charge in [0, 0.05) is 43.0 Å². The van der Waals surface area contributed by atoms with E-state index in [4.69, 9.17) is 0 Å². The first-order valence-corrected chi connectivity index (χ1v) is 8.75. The number of carbonyl (C=O) groups excluding carboxylic acids is 1. The first kappa shape index (κ1) is 16.7. The van der Waals surface area contributed by atoms with Crippen molar-refractivity contribution in [3.8, 4) is 0 Å². The molecule has 1 aliphatic heterocycles. The fourth-order valence-corrected chi connectivity index (χ4v) is 2.94. The molecule has 0 saturated carbocycles. The van der Waals surface area contributed by atoms with Crippen LogP contribution in [0, 0.1) is 0 Å². The number of benzene rings is 1. The normalized spacial score (nSPS) is 15.9. The van der Waals surface area contributed by atoms with Crippen LogP contribution in [0.15, 0.2) is 47.2 Å². The summed E-state index contributed by atoms with van der Waals surface area (Å²) >= 11 is 3.42. The number of piperazine rings is 1. The minimum Gasteiger partial charge on any atom is -0.337 e. The number of carbonyl (C=O) groups is 1. The van der Waals surface area contributed by atoms with E-state index in [2.05, 4.69) is 36.1 Å². The molecule has 1 N–H and O–H groups in total. The summed E-state index contributed by atoms with van der Waals surface area (Å²) in [6.45, 7) is 4.80. The molecule has 2 amide bonds. The van der Waals surface area contributed by atoms with Gasteiger partial charge in [0.15, 0.2) is 0 Å². The van der Waals surface area contributed by atoms with Crippen molar-refractivity contribution in [2.75, 3.05) is 31.1 Å². The van der Waals surface area contributed by atoms with Gasteiger partial charge in [-0.05, 0) is 30.7 Å². The Labute approximate surface area is 150 Å². The molecule has 0 aliphatic carbocycles. The Bertz CT molecular complexity index is 671. The van der Waals surface area contributed by atoms with Gasteiger partial charge in [-0.25, -0.2) is 14.8 Å². The van der Waals surface area contributed by atoms with Crippen molar-refractivity contribution in [1.29, 1.82) is 0 Å². The molecule has 126 valence electrons. The average Bonchev–Trinajstić information content (AvgIpc) is 2.63. The molecular weight excluding hydrogens is 370 g/mol. The van der Waals surface area contributed by atoms with Crippen LogP contribution in [0.4, 0.5) is 10.7 Å². The number of halogens is 1. The number of nitrogens with zero attached hydrogens (tertiary/aromatic N) is 4. The van der Waals surface area contributed by atoms with Crippen LogP contribution in [-0.2, 0) is 0 Å². The molecule has 1 saturated heterocycles. The van der Waals surface area contributed by atoms with Crippen molar-refractivity contribution in [3.05, 3.63) is 52.8 Å². The molecule has 1 aromatic heterocycles. The van der Waals surface area contributed by atoms with Crippen LogP contribution in [0.25, 0.3) is 0 Å². The first-order chi connectivity index (χ1) is 11.6. The van der Waals surface area contributed by atoms with Crippen molar-refractivity contribution in [2.45, 2.75) is 13.0 Å². The van der Waals surface area contributed by atoms with E-state index in [0.717, 1.165) is 29.1 Å². The maximum atomic E-state index is 12.4. The number of amides is 2. The molecule has 1 aliphatic rings. The zero-order valence-corrected chi connectivity index (χ0v) is 15.1. The van der Waals surface area contributed by atoms with Gasteiger partial charge in [0.25, 0.3) is 0 Å². The van der Waals surface area contributed by atoms with Crippen LogP contribution in [0.2, 0.25) is 0 Å². The van der Waals surface area contributed by atoms with Gasteiger partial charge in [0.05, 0.1) is 6.04 Å². The summed E-state index contributed by atoms with van der Waals surface area (Å²) in [5.74, 6) is 0.723. The van der Waals surface area contributed by atoms with Crippen LogP contribution in [0.3, 0.4) is 0 Å². The van der Waals surface area contributed by atoms with Crippen LogP contribution in [0.5, 0.6) is 0 Å². The van der Waals surface area contributed by atoms with Gasteiger partial charge in [0.1, 0.15) is 0 Å². The van der Waals surface area contributed by atoms with Crippen molar-refractivity contribution in [3.63, 3.8) is 0 Å². The Hall–Kier alpha value is -2.15. The smallest absolute Gasteiger partial charge is 0.317 e. The number of anilines is 1. The van der Waals surface area contributed by atoms with E-state index in [-0.39, 0.29) is 12.1 Å². The summed E-state index contributed by atoms with van der Waals surface area (Å²) in [7, 11) is 0. The second kappa shape index (κ2) is 7.61. The highest BCUT2D eigenvalue weighted by Gasteiger charge is 2.23. The van der Waals surface area contributed by atoms with Gasteiger partial charge in [-0.15, -0.1) is 0 Å². The summed E-state index contributed by atoms with van der Waals surface area (Å²) in [4.78, 5) is 24.9. The predicted octanol–water partition coefficient (Wildman–Crippen LogP) is 2.83. The maximum Gasteiger partial charge on any atom is 0.317 e. The Morgan fingerprint density at radius 2 is 1.75 bits per heavy atom. The lowest BCUT2D eigenvalue weighted by Gasteiger charge is -2.35. The van der Waals surface area contributed by atoms with Crippen LogP contribution < -0.4 is 10.2 Å². The van der Waals surface area contributed by atoms with E-state index in [0.29, 0.717) is 13.1 Å².